The molecule has 0 radical (unpaired) electrons. The van der Waals surface area contributed by atoms with Crippen molar-refractivity contribution in [3.8, 4) is 0 Å². The highest BCUT2D eigenvalue weighted by Gasteiger charge is 2.05. The smallest absolute Gasteiger partial charge is 0.307 e. The van der Waals surface area contributed by atoms with Crippen molar-refractivity contribution in [1.82, 2.24) is 0 Å². The van der Waals surface area contributed by atoms with E-state index in [1.54, 1.807) is 0 Å². The van der Waals surface area contributed by atoms with Crippen LogP contribution in [0.2, 0.25) is 5.02 Å². The number of aliphatic carboxylic acids is 1. The van der Waals surface area contributed by atoms with Crippen molar-refractivity contribution in [3.05, 3.63) is 62.6 Å². The van der Waals surface area contributed by atoms with Crippen molar-refractivity contribution in [2.45, 2.75) is 19.9 Å². The average Bonchev–Trinajstić information content (AvgIpc) is 2.42. The minimum atomic E-state index is -0.820. The predicted octanol–water partition coefficient (Wildman–Crippen LogP) is 4.65. The molecular weight excluding hydrogens is 354 g/mol. The number of carbonyl (C=O) groups is 1. The summed E-state index contributed by atoms with van der Waals surface area (Å²) < 4.78 is 0.965. The minimum Gasteiger partial charge on any atom is -0.481 e. The summed E-state index contributed by atoms with van der Waals surface area (Å²) in [5, 5.41) is 12.8. The second-order valence-corrected chi connectivity index (χ2v) is 6.08. The van der Waals surface area contributed by atoms with E-state index in [1.807, 2.05) is 43.3 Å². The molecular formula is C16H15BrClNO2. The van der Waals surface area contributed by atoms with Gasteiger partial charge in [0.05, 0.1) is 12.1 Å². The quantitative estimate of drug-likeness (QED) is 0.807. The normalized spacial score (nSPS) is 10.4. The molecule has 0 aliphatic heterocycles. The molecule has 2 aromatic rings. The fourth-order valence-electron chi connectivity index (χ4n) is 1.93. The standard InChI is InChI=1S/C16H15BrClNO2/c1-10-6-13(17)15(8-14(10)18)19-9-12-4-2-11(3-5-12)7-16(20)21/h2-6,8,19H,7,9H2,1H3,(H,20,21). The maximum atomic E-state index is 10.6. The number of nitrogens with one attached hydrogen (secondary N) is 1. The van der Waals surface area contributed by atoms with E-state index in [9.17, 15) is 4.79 Å². The third kappa shape index (κ3) is 4.48. The third-order valence-corrected chi connectivity index (χ3v) is 4.17. The van der Waals surface area contributed by atoms with Crippen LogP contribution in [0.5, 0.6) is 0 Å². The maximum absolute atomic E-state index is 10.6. The van der Waals surface area contributed by atoms with Crippen molar-refractivity contribution in [2.24, 2.45) is 0 Å². The van der Waals surface area contributed by atoms with Crippen LogP contribution >= 0.6 is 27.5 Å². The van der Waals surface area contributed by atoms with E-state index in [0.29, 0.717) is 6.54 Å². The van der Waals surface area contributed by atoms with Crippen molar-refractivity contribution in [3.63, 3.8) is 0 Å². The van der Waals surface area contributed by atoms with Crippen LogP contribution < -0.4 is 5.32 Å². The van der Waals surface area contributed by atoms with E-state index in [-0.39, 0.29) is 6.42 Å². The van der Waals surface area contributed by atoms with Gasteiger partial charge in [-0.1, -0.05) is 35.9 Å². The summed E-state index contributed by atoms with van der Waals surface area (Å²) in [6.07, 6.45) is 0.0484. The van der Waals surface area contributed by atoms with Crippen molar-refractivity contribution >= 4 is 39.2 Å². The predicted molar refractivity (Wildman–Crippen MR) is 89.0 cm³/mol. The molecule has 110 valence electrons. The Balaban J connectivity index is 2.03. The number of anilines is 1. The number of aryl methyl sites for hydroxylation is 1. The molecule has 0 unspecified atom stereocenters. The maximum Gasteiger partial charge on any atom is 0.307 e. The van der Waals surface area contributed by atoms with Crippen molar-refractivity contribution in [2.75, 3.05) is 5.32 Å². The number of carboxylic acid groups (broad SMARTS) is 1. The number of benzene rings is 2. The minimum absolute atomic E-state index is 0.0484. The summed E-state index contributed by atoms with van der Waals surface area (Å²) in [7, 11) is 0. The fourth-order valence-corrected chi connectivity index (χ4v) is 2.69. The highest BCUT2D eigenvalue weighted by Crippen LogP contribution is 2.29. The fraction of sp³-hybridized carbons (Fsp3) is 0.188. The van der Waals surface area contributed by atoms with Crippen LogP contribution in [0.1, 0.15) is 16.7 Å². The summed E-state index contributed by atoms with van der Waals surface area (Å²) in [5.74, 6) is -0.820. The van der Waals surface area contributed by atoms with Gasteiger partial charge in [-0.3, -0.25) is 4.79 Å². The molecule has 21 heavy (non-hydrogen) atoms. The largest absolute Gasteiger partial charge is 0.481 e. The van der Waals surface area contributed by atoms with Gasteiger partial charge in [-0.2, -0.15) is 0 Å². The summed E-state index contributed by atoms with van der Waals surface area (Å²) in [6, 6.07) is 11.4. The zero-order valence-electron chi connectivity index (χ0n) is 11.5. The summed E-state index contributed by atoms with van der Waals surface area (Å²) in [5.41, 5.74) is 3.82. The average molecular weight is 369 g/mol. The van der Waals surface area contributed by atoms with Gasteiger partial charge >= 0.3 is 5.97 Å². The lowest BCUT2D eigenvalue weighted by atomic mass is 10.1. The highest BCUT2D eigenvalue weighted by molar-refractivity contribution is 9.10. The molecule has 2 N–H and O–H groups in total. The Morgan fingerprint density at radius 1 is 1.24 bits per heavy atom. The molecule has 0 bridgehead atoms. The molecule has 0 aromatic heterocycles. The van der Waals surface area contributed by atoms with Crippen LogP contribution in [0.15, 0.2) is 40.9 Å². The lowest BCUT2D eigenvalue weighted by Gasteiger charge is -2.11. The molecule has 0 aliphatic rings. The molecule has 0 saturated carbocycles. The number of hydrogen-bond acceptors (Lipinski definition) is 2. The number of carboxylic acids is 1. The highest BCUT2D eigenvalue weighted by atomic mass is 79.9. The first-order valence-electron chi connectivity index (χ1n) is 6.45. The van der Waals surface area contributed by atoms with E-state index in [0.717, 1.165) is 31.9 Å². The molecule has 0 saturated heterocycles. The van der Waals surface area contributed by atoms with Crippen LogP contribution in [-0.4, -0.2) is 11.1 Å². The number of halogens is 2. The van der Waals surface area contributed by atoms with E-state index in [4.69, 9.17) is 16.7 Å². The first-order chi connectivity index (χ1) is 9.95. The molecule has 5 heteroatoms. The van der Waals surface area contributed by atoms with Crippen molar-refractivity contribution in [1.29, 1.82) is 0 Å². The zero-order chi connectivity index (χ0) is 15.4. The van der Waals surface area contributed by atoms with Gasteiger partial charge in [0.25, 0.3) is 0 Å². The first-order valence-corrected chi connectivity index (χ1v) is 7.62. The van der Waals surface area contributed by atoms with E-state index in [1.165, 1.54) is 0 Å². The van der Waals surface area contributed by atoms with Gasteiger partial charge in [0.1, 0.15) is 0 Å². The lowest BCUT2D eigenvalue weighted by molar-refractivity contribution is -0.136. The van der Waals surface area contributed by atoms with E-state index in [2.05, 4.69) is 21.2 Å². The second-order valence-electron chi connectivity index (χ2n) is 4.82. The lowest BCUT2D eigenvalue weighted by Crippen LogP contribution is -2.02. The van der Waals surface area contributed by atoms with Gasteiger partial charge in [0.2, 0.25) is 0 Å². The molecule has 0 spiro atoms. The van der Waals surface area contributed by atoms with Crippen LogP contribution in [0, 0.1) is 6.92 Å². The molecule has 2 rings (SSSR count). The van der Waals surface area contributed by atoms with Gasteiger partial charge in [-0.25, -0.2) is 0 Å². The molecule has 0 aliphatic carbocycles. The molecule has 0 amide bonds. The number of hydrogen-bond donors (Lipinski definition) is 2. The number of rotatable bonds is 5. The van der Waals surface area contributed by atoms with Gasteiger partial charge < -0.3 is 10.4 Å². The molecule has 2 aromatic carbocycles. The van der Waals surface area contributed by atoms with Gasteiger partial charge in [0.15, 0.2) is 0 Å². The monoisotopic (exact) mass is 367 g/mol. The summed E-state index contributed by atoms with van der Waals surface area (Å²) in [6.45, 7) is 2.60. The Labute approximate surface area is 137 Å². The van der Waals surface area contributed by atoms with Gasteiger partial charge in [-0.15, -0.1) is 0 Å². The Morgan fingerprint density at radius 3 is 2.48 bits per heavy atom. The molecule has 0 atom stereocenters. The zero-order valence-corrected chi connectivity index (χ0v) is 13.8. The van der Waals surface area contributed by atoms with Gasteiger partial charge in [-0.05, 0) is 51.7 Å². The molecule has 0 heterocycles. The topological polar surface area (TPSA) is 49.3 Å². The third-order valence-electron chi connectivity index (χ3n) is 3.11. The van der Waals surface area contributed by atoms with Crippen LogP contribution in [0.25, 0.3) is 0 Å². The second kappa shape index (κ2) is 6.96. The SMILES string of the molecule is Cc1cc(Br)c(NCc2ccc(CC(=O)O)cc2)cc1Cl. The van der Waals surface area contributed by atoms with E-state index >= 15 is 0 Å². The van der Waals surface area contributed by atoms with E-state index < -0.39 is 5.97 Å². The Kier molecular flexibility index (Phi) is 5.26. The Hall–Kier alpha value is -1.52. The van der Waals surface area contributed by atoms with Crippen LogP contribution in [-0.2, 0) is 17.8 Å². The Bertz CT molecular complexity index is 656. The van der Waals surface area contributed by atoms with Crippen LogP contribution in [0.3, 0.4) is 0 Å². The Morgan fingerprint density at radius 2 is 1.86 bits per heavy atom. The molecule has 0 fully saturated rings. The van der Waals surface area contributed by atoms with Crippen LogP contribution in [0.4, 0.5) is 5.69 Å². The molecule has 3 nitrogen and oxygen atoms in total. The van der Waals surface area contributed by atoms with Gasteiger partial charge in [0, 0.05) is 16.0 Å². The summed E-state index contributed by atoms with van der Waals surface area (Å²) >= 11 is 9.63. The first kappa shape index (κ1) is 15.9. The summed E-state index contributed by atoms with van der Waals surface area (Å²) in [4.78, 5) is 10.6. The van der Waals surface area contributed by atoms with Crippen molar-refractivity contribution < 1.29 is 9.90 Å².